The molecule has 1 unspecified atom stereocenters. The van der Waals surface area contributed by atoms with Crippen molar-refractivity contribution in [3.63, 3.8) is 0 Å². The van der Waals surface area contributed by atoms with Crippen LogP contribution in [0.2, 0.25) is 0 Å². The Kier molecular flexibility index (Phi) is 5.80. The topological polar surface area (TPSA) is 75.6 Å². The fraction of sp³-hybridized carbons (Fsp3) is 0.871. The zero-order valence-electron chi connectivity index (χ0n) is 23.9. The third-order valence-electron chi connectivity index (χ3n) is 13.4. The maximum absolute atomic E-state index is 14.4. The van der Waals surface area contributed by atoms with Crippen LogP contribution in [0.15, 0.2) is 11.6 Å². The number of carbonyl (C=O) groups is 2. The van der Waals surface area contributed by atoms with Gasteiger partial charge >= 0.3 is 5.97 Å². The van der Waals surface area contributed by atoms with Gasteiger partial charge in [0.25, 0.3) is 0 Å². The van der Waals surface area contributed by atoms with E-state index in [0.717, 1.165) is 51.4 Å². The summed E-state index contributed by atoms with van der Waals surface area (Å²) in [4.78, 5) is 32.0. The van der Waals surface area contributed by atoms with Crippen LogP contribution in [0.25, 0.3) is 0 Å². The maximum atomic E-state index is 14.4. The van der Waals surface area contributed by atoms with Gasteiger partial charge in [0.2, 0.25) is 0 Å². The van der Waals surface area contributed by atoms with E-state index in [1.54, 1.807) is 7.11 Å². The zero-order valence-corrected chi connectivity index (χ0v) is 23.9. The lowest BCUT2D eigenvalue weighted by Crippen LogP contribution is -2.67. The fourth-order valence-corrected chi connectivity index (χ4v) is 10.7. The predicted octanol–water partition coefficient (Wildman–Crippen LogP) is 6.57. The molecule has 0 aromatic carbocycles. The Morgan fingerprint density at radius 1 is 0.972 bits per heavy atom. The van der Waals surface area contributed by atoms with Gasteiger partial charge in [0.1, 0.15) is 0 Å². The van der Waals surface area contributed by atoms with Crippen molar-refractivity contribution in [1.82, 2.24) is 5.48 Å². The van der Waals surface area contributed by atoms with Crippen LogP contribution in [0.3, 0.4) is 0 Å². The third-order valence-corrected chi connectivity index (χ3v) is 13.4. The van der Waals surface area contributed by atoms with Crippen LogP contribution < -0.4 is 5.48 Å². The molecule has 4 saturated carbocycles. The molecule has 0 aromatic rings. The minimum Gasteiger partial charge on any atom is -0.481 e. The third kappa shape index (κ3) is 3.20. The molecule has 0 aliphatic heterocycles. The van der Waals surface area contributed by atoms with Crippen molar-refractivity contribution in [3.8, 4) is 0 Å². The van der Waals surface area contributed by atoms with E-state index in [1.807, 2.05) is 6.92 Å². The predicted molar refractivity (Wildman–Crippen MR) is 141 cm³/mol. The second-order valence-corrected chi connectivity index (χ2v) is 15.3. The number of fused-ring (bicyclic) bond motifs is 7. The molecule has 0 radical (unpaired) electrons. The van der Waals surface area contributed by atoms with E-state index in [4.69, 9.17) is 4.84 Å². The second kappa shape index (κ2) is 7.91. The number of ketones is 1. The largest absolute Gasteiger partial charge is 0.481 e. The van der Waals surface area contributed by atoms with Crippen LogP contribution in [0.1, 0.15) is 106 Å². The Morgan fingerprint density at radius 3 is 2.28 bits per heavy atom. The number of nitrogens with one attached hydrogen (secondary N) is 1. The molecule has 0 aromatic heterocycles. The average Bonchev–Trinajstić information content (AvgIpc) is 2.78. The first-order valence-corrected chi connectivity index (χ1v) is 14.4. The Bertz CT molecular complexity index is 1000. The minimum atomic E-state index is -0.704. The molecule has 0 saturated heterocycles. The van der Waals surface area contributed by atoms with Gasteiger partial charge in [-0.3, -0.25) is 9.59 Å². The number of carbonyl (C=O) groups excluding carboxylic acids is 1. The van der Waals surface area contributed by atoms with E-state index in [2.05, 4.69) is 53.1 Å². The van der Waals surface area contributed by atoms with E-state index >= 15 is 0 Å². The molecular weight excluding hydrogens is 450 g/mol. The van der Waals surface area contributed by atoms with Gasteiger partial charge in [0.15, 0.2) is 5.78 Å². The van der Waals surface area contributed by atoms with Crippen LogP contribution in [0.5, 0.6) is 0 Å². The van der Waals surface area contributed by atoms with Crippen LogP contribution in [-0.2, 0) is 14.4 Å². The summed E-state index contributed by atoms with van der Waals surface area (Å²) < 4.78 is 0. The number of carboxylic acid groups (broad SMARTS) is 1. The van der Waals surface area contributed by atoms with E-state index in [1.165, 1.54) is 5.57 Å². The molecule has 5 rings (SSSR count). The lowest BCUT2D eigenvalue weighted by atomic mass is 9.33. The summed E-state index contributed by atoms with van der Waals surface area (Å²) in [6.45, 7) is 16.3. The molecule has 5 aliphatic rings. The standard InChI is InChI=1S/C31H49NO4/c1-26(2)22-9-12-31(7)24(29(22,5)11-10-23(26)32-36-8)21(33)17-19-20-18-28(4,25(34)35)14-13-27(20,3)15-16-30(19,31)6/h17,20,22-24,32H,9-16,18H2,1-8H3,(H,34,35)/t20-,22-,23-,24+,27+,28?,29-,30+,31+/m0/s1. The van der Waals surface area contributed by atoms with Gasteiger partial charge in [0, 0.05) is 12.0 Å². The molecule has 9 atom stereocenters. The smallest absolute Gasteiger partial charge is 0.309 e. The van der Waals surface area contributed by atoms with Gasteiger partial charge in [-0.2, -0.15) is 5.48 Å². The molecule has 0 bridgehead atoms. The number of hydroxylamine groups is 1. The Hall–Kier alpha value is -1.20. The first kappa shape index (κ1) is 26.4. The highest BCUT2D eigenvalue weighted by Gasteiger charge is 2.70. The number of allylic oxidation sites excluding steroid dienone is 2. The minimum absolute atomic E-state index is 0.0130. The molecule has 36 heavy (non-hydrogen) atoms. The molecule has 4 fully saturated rings. The highest BCUT2D eigenvalue weighted by atomic mass is 16.6. The van der Waals surface area contributed by atoms with Gasteiger partial charge in [-0.15, -0.1) is 0 Å². The van der Waals surface area contributed by atoms with Crippen LogP contribution in [0.4, 0.5) is 0 Å². The number of carboxylic acids is 1. The average molecular weight is 500 g/mol. The monoisotopic (exact) mass is 499 g/mol. The van der Waals surface area contributed by atoms with E-state index < -0.39 is 11.4 Å². The van der Waals surface area contributed by atoms with E-state index in [0.29, 0.717) is 18.1 Å². The van der Waals surface area contributed by atoms with Crippen molar-refractivity contribution in [1.29, 1.82) is 0 Å². The summed E-state index contributed by atoms with van der Waals surface area (Å²) >= 11 is 0. The van der Waals surface area contributed by atoms with Crippen molar-refractivity contribution in [2.24, 2.45) is 50.2 Å². The van der Waals surface area contributed by atoms with Gasteiger partial charge in [-0.1, -0.05) is 47.1 Å². The van der Waals surface area contributed by atoms with Crippen LogP contribution >= 0.6 is 0 Å². The Balaban J connectivity index is 1.59. The Labute approximate surface area is 218 Å². The van der Waals surface area contributed by atoms with E-state index in [-0.39, 0.29) is 45.0 Å². The molecule has 0 spiro atoms. The Morgan fingerprint density at radius 2 is 1.64 bits per heavy atom. The SMILES string of the molecule is CON[C@H]1CC[C@]2(C)[C@H]3C(=O)C=C4[C@@H]5CC(C)(C(=O)O)CC[C@]5(C)CC[C@@]4(C)[C@]3(C)CC[C@H]2C1(C)C. The van der Waals surface area contributed by atoms with E-state index in [9.17, 15) is 14.7 Å². The molecule has 5 aliphatic carbocycles. The fourth-order valence-electron chi connectivity index (χ4n) is 10.7. The van der Waals surface area contributed by atoms with Crippen molar-refractivity contribution in [2.75, 3.05) is 7.11 Å². The van der Waals surface area contributed by atoms with Gasteiger partial charge in [-0.05, 0) is 110 Å². The zero-order chi connectivity index (χ0) is 26.5. The lowest BCUT2D eigenvalue weighted by Gasteiger charge is -2.70. The van der Waals surface area contributed by atoms with Crippen LogP contribution in [-0.4, -0.2) is 30.0 Å². The second-order valence-electron chi connectivity index (χ2n) is 15.3. The summed E-state index contributed by atoms with van der Waals surface area (Å²) in [7, 11) is 1.71. The van der Waals surface area contributed by atoms with Gasteiger partial charge < -0.3 is 9.94 Å². The van der Waals surface area contributed by atoms with Crippen molar-refractivity contribution in [2.45, 2.75) is 112 Å². The van der Waals surface area contributed by atoms with Gasteiger partial charge in [0.05, 0.1) is 12.5 Å². The molecule has 0 amide bonds. The quantitative estimate of drug-likeness (QED) is 0.430. The number of hydrogen-bond donors (Lipinski definition) is 2. The molecule has 5 heteroatoms. The summed E-state index contributed by atoms with van der Waals surface area (Å²) in [5.74, 6) is 0.277. The first-order valence-electron chi connectivity index (χ1n) is 14.4. The molecule has 202 valence electrons. The number of hydrogen-bond acceptors (Lipinski definition) is 4. The van der Waals surface area contributed by atoms with Crippen molar-refractivity contribution >= 4 is 11.8 Å². The summed E-state index contributed by atoms with van der Waals surface area (Å²) in [6.07, 6.45) is 10.8. The summed E-state index contributed by atoms with van der Waals surface area (Å²) in [5, 5.41) is 10.1. The molecular formula is C31H49NO4. The molecule has 5 nitrogen and oxygen atoms in total. The maximum Gasteiger partial charge on any atom is 0.309 e. The number of rotatable bonds is 3. The van der Waals surface area contributed by atoms with Crippen molar-refractivity contribution in [3.05, 3.63) is 11.6 Å². The summed E-state index contributed by atoms with van der Waals surface area (Å²) in [6, 6.07) is 0.289. The number of aliphatic carboxylic acids is 1. The molecule has 0 heterocycles. The summed E-state index contributed by atoms with van der Waals surface area (Å²) in [5.41, 5.74) is 3.78. The van der Waals surface area contributed by atoms with Crippen LogP contribution in [0, 0.1) is 50.2 Å². The van der Waals surface area contributed by atoms with Crippen molar-refractivity contribution < 1.29 is 19.5 Å². The highest BCUT2D eigenvalue weighted by molar-refractivity contribution is 5.95. The normalized spacial score (nSPS) is 51.8. The van der Waals surface area contributed by atoms with Gasteiger partial charge in [-0.25, -0.2) is 0 Å². The highest BCUT2D eigenvalue weighted by Crippen LogP contribution is 2.75. The lowest BCUT2D eigenvalue weighted by molar-refractivity contribution is -0.195. The molecule has 2 N–H and O–H groups in total. The first-order chi connectivity index (χ1) is 16.6.